The lowest BCUT2D eigenvalue weighted by Crippen LogP contribution is -2.31. The molecule has 0 N–H and O–H groups in total. The molecule has 1 aromatic heterocycles. The highest BCUT2D eigenvalue weighted by Gasteiger charge is 2.31. The van der Waals surface area contributed by atoms with Gasteiger partial charge in [0.25, 0.3) is 0 Å². The first-order valence-corrected chi connectivity index (χ1v) is 9.15. The Kier molecular flexibility index (Phi) is 5.88. The zero-order valence-electron chi connectivity index (χ0n) is 15.6. The number of carbonyl (C=O) groups excluding carboxylic acids is 1. The molecule has 0 fully saturated rings. The summed E-state index contributed by atoms with van der Waals surface area (Å²) in [6.45, 7) is 3.39. The average molecular weight is 420 g/mol. The Balaban J connectivity index is 2.06. The van der Waals surface area contributed by atoms with Crippen LogP contribution < -0.4 is 4.90 Å². The zero-order chi connectivity index (χ0) is 21.2. The SMILES string of the molecule is CC(C)C(=O)N(c1ccc(C(F)(F)F)cc1)c1nccc(-c2cccc(Cl)c2)n1. The standard InChI is InChI=1S/C21H17ClF3N3O/c1-13(2)19(29)28(17-8-6-15(7-9-17)21(23,24)25)20-26-11-10-18(27-20)14-4-3-5-16(22)12-14/h3-13H,1-2H3. The molecule has 3 aromatic rings. The first kappa shape index (κ1) is 20.8. The van der Waals surface area contributed by atoms with Crippen LogP contribution in [0.2, 0.25) is 5.02 Å². The van der Waals surface area contributed by atoms with Crippen LogP contribution in [-0.4, -0.2) is 15.9 Å². The first-order valence-electron chi connectivity index (χ1n) is 8.77. The van der Waals surface area contributed by atoms with Gasteiger partial charge >= 0.3 is 6.18 Å². The monoisotopic (exact) mass is 419 g/mol. The summed E-state index contributed by atoms with van der Waals surface area (Å²) < 4.78 is 38.7. The molecule has 1 heterocycles. The van der Waals surface area contributed by atoms with Crippen molar-refractivity contribution in [2.24, 2.45) is 5.92 Å². The number of carbonyl (C=O) groups is 1. The molecule has 0 spiro atoms. The molecule has 2 aromatic carbocycles. The van der Waals surface area contributed by atoms with Crippen LogP contribution in [0.4, 0.5) is 24.8 Å². The predicted molar refractivity (Wildman–Crippen MR) is 106 cm³/mol. The van der Waals surface area contributed by atoms with E-state index in [1.807, 2.05) is 6.07 Å². The number of alkyl halides is 3. The Hall–Kier alpha value is -2.93. The van der Waals surface area contributed by atoms with E-state index in [-0.39, 0.29) is 17.5 Å². The van der Waals surface area contributed by atoms with Gasteiger partial charge in [-0.2, -0.15) is 13.2 Å². The van der Waals surface area contributed by atoms with Gasteiger partial charge in [0.1, 0.15) is 0 Å². The molecule has 0 aliphatic rings. The van der Waals surface area contributed by atoms with Crippen molar-refractivity contribution in [3.8, 4) is 11.3 Å². The van der Waals surface area contributed by atoms with Crippen LogP contribution in [0.1, 0.15) is 19.4 Å². The third kappa shape index (κ3) is 4.74. The molecule has 3 rings (SSSR count). The largest absolute Gasteiger partial charge is 0.416 e. The van der Waals surface area contributed by atoms with E-state index in [1.165, 1.54) is 23.2 Å². The number of hydrogen-bond acceptors (Lipinski definition) is 3. The minimum atomic E-state index is -4.46. The maximum Gasteiger partial charge on any atom is 0.416 e. The lowest BCUT2D eigenvalue weighted by Gasteiger charge is -2.23. The van der Waals surface area contributed by atoms with Gasteiger partial charge < -0.3 is 0 Å². The van der Waals surface area contributed by atoms with Crippen LogP contribution in [-0.2, 0) is 11.0 Å². The second kappa shape index (κ2) is 8.21. The molecule has 0 aliphatic carbocycles. The average Bonchev–Trinajstić information content (AvgIpc) is 2.68. The molecule has 1 amide bonds. The fraction of sp³-hybridized carbons (Fsp3) is 0.190. The molecule has 150 valence electrons. The summed E-state index contributed by atoms with van der Waals surface area (Å²) in [5, 5.41) is 0.528. The van der Waals surface area contributed by atoms with E-state index < -0.39 is 17.7 Å². The minimum absolute atomic E-state index is 0.0703. The molecule has 0 unspecified atom stereocenters. The van der Waals surface area contributed by atoms with Crippen LogP contribution in [0, 0.1) is 5.92 Å². The maximum atomic E-state index is 12.9. The number of hydrogen-bond donors (Lipinski definition) is 0. The molecule has 0 aliphatic heterocycles. The van der Waals surface area contributed by atoms with Crippen molar-refractivity contribution < 1.29 is 18.0 Å². The molecule has 4 nitrogen and oxygen atoms in total. The molecule has 29 heavy (non-hydrogen) atoms. The number of aromatic nitrogens is 2. The Labute approximate surface area is 171 Å². The highest BCUT2D eigenvalue weighted by atomic mass is 35.5. The highest BCUT2D eigenvalue weighted by molar-refractivity contribution is 6.30. The smallest absolute Gasteiger partial charge is 0.274 e. The first-order chi connectivity index (χ1) is 13.7. The van der Waals surface area contributed by atoms with E-state index in [0.717, 1.165) is 17.7 Å². The van der Waals surface area contributed by atoms with Gasteiger partial charge in [-0.1, -0.05) is 37.6 Å². The van der Waals surface area contributed by atoms with Gasteiger partial charge in [-0.3, -0.25) is 4.79 Å². The van der Waals surface area contributed by atoms with Crippen molar-refractivity contribution >= 4 is 29.1 Å². The van der Waals surface area contributed by atoms with Gasteiger partial charge in [-0.15, -0.1) is 0 Å². The van der Waals surface area contributed by atoms with E-state index in [0.29, 0.717) is 10.7 Å². The van der Waals surface area contributed by atoms with E-state index in [4.69, 9.17) is 11.6 Å². The number of rotatable bonds is 4. The van der Waals surface area contributed by atoms with Crippen LogP contribution in [0.15, 0.2) is 60.8 Å². The predicted octanol–water partition coefficient (Wildman–Crippen LogP) is 6.14. The molecule has 0 atom stereocenters. The third-order valence-corrected chi connectivity index (χ3v) is 4.37. The Morgan fingerprint density at radius 2 is 1.76 bits per heavy atom. The van der Waals surface area contributed by atoms with Gasteiger partial charge in [-0.25, -0.2) is 14.9 Å². The Morgan fingerprint density at radius 1 is 1.07 bits per heavy atom. The summed E-state index contributed by atoms with van der Waals surface area (Å²) >= 11 is 6.04. The van der Waals surface area contributed by atoms with Crippen molar-refractivity contribution in [2.75, 3.05) is 4.90 Å². The fourth-order valence-corrected chi connectivity index (χ4v) is 2.85. The van der Waals surface area contributed by atoms with Crippen LogP contribution in [0.3, 0.4) is 0 Å². The lowest BCUT2D eigenvalue weighted by molar-refractivity contribution is -0.137. The molecular weight excluding hydrogens is 403 g/mol. The van der Waals surface area contributed by atoms with E-state index in [9.17, 15) is 18.0 Å². The summed E-state index contributed by atoms with van der Waals surface area (Å²) in [6, 6.07) is 13.0. The summed E-state index contributed by atoms with van der Waals surface area (Å²) in [5.74, 6) is -0.690. The summed E-state index contributed by atoms with van der Waals surface area (Å²) in [4.78, 5) is 22.7. The summed E-state index contributed by atoms with van der Waals surface area (Å²) in [7, 11) is 0. The molecule has 0 saturated heterocycles. The van der Waals surface area contributed by atoms with Gasteiger partial charge in [0.15, 0.2) is 0 Å². The number of halogens is 4. The lowest BCUT2D eigenvalue weighted by atomic mass is 10.1. The van der Waals surface area contributed by atoms with Crippen molar-refractivity contribution in [2.45, 2.75) is 20.0 Å². The topological polar surface area (TPSA) is 46.1 Å². The van der Waals surface area contributed by atoms with Crippen molar-refractivity contribution in [3.63, 3.8) is 0 Å². The third-order valence-electron chi connectivity index (χ3n) is 4.13. The van der Waals surface area contributed by atoms with Crippen molar-refractivity contribution in [1.29, 1.82) is 0 Å². The van der Waals surface area contributed by atoms with Gasteiger partial charge in [0.05, 0.1) is 16.9 Å². The van der Waals surface area contributed by atoms with Crippen LogP contribution in [0.5, 0.6) is 0 Å². The maximum absolute atomic E-state index is 12.9. The Morgan fingerprint density at radius 3 is 2.34 bits per heavy atom. The van der Waals surface area contributed by atoms with Crippen LogP contribution >= 0.6 is 11.6 Å². The second-order valence-electron chi connectivity index (χ2n) is 6.63. The quantitative estimate of drug-likeness (QED) is 0.510. The molecule has 0 radical (unpaired) electrons. The fourth-order valence-electron chi connectivity index (χ4n) is 2.66. The number of amides is 1. The molecule has 0 bridgehead atoms. The normalized spacial score (nSPS) is 11.6. The van der Waals surface area contributed by atoms with E-state index >= 15 is 0 Å². The molecule has 0 saturated carbocycles. The summed E-state index contributed by atoms with van der Waals surface area (Å²) in [5.41, 5.74) is 0.711. The number of benzene rings is 2. The number of nitrogens with zero attached hydrogens (tertiary/aromatic N) is 3. The van der Waals surface area contributed by atoms with Crippen molar-refractivity contribution in [1.82, 2.24) is 9.97 Å². The van der Waals surface area contributed by atoms with Crippen LogP contribution in [0.25, 0.3) is 11.3 Å². The van der Waals surface area contributed by atoms with Crippen molar-refractivity contribution in [3.05, 3.63) is 71.4 Å². The van der Waals surface area contributed by atoms with Gasteiger partial charge in [0, 0.05) is 22.7 Å². The number of anilines is 2. The van der Waals surface area contributed by atoms with E-state index in [1.54, 1.807) is 38.1 Å². The van der Waals surface area contributed by atoms with E-state index in [2.05, 4.69) is 9.97 Å². The molecular formula is C21H17ClF3N3O. The zero-order valence-corrected chi connectivity index (χ0v) is 16.4. The minimum Gasteiger partial charge on any atom is -0.274 e. The van der Waals surface area contributed by atoms with Gasteiger partial charge in [0.2, 0.25) is 11.9 Å². The molecule has 8 heteroatoms. The Bertz CT molecular complexity index is 1020. The second-order valence-corrected chi connectivity index (χ2v) is 7.06. The highest BCUT2D eigenvalue weighted by Crippen LogP contribution is 2.33. The summed E-state index contributed by atoms with van der Waals surface area (Å²) in [6.07, 6.45) is -2.97. The van der Waals surface area contributed by atoms with Gasteiger partial charge in [-0.05, 0) is 42.5 Å².